The molecule has 0 spiro atoms. The Morgan fingerprint density at radius 2 is 2.15 bits per heavy atom. The van der Waals surface area contributed by atoms with Crippen LogP contribution in [0.3, 0.4) is 0 Å². The van der Waals surface area contributed by atoms with Crippen molar-refractivity contribution in [2.75, 3.05) is 13.1 Å². The van der Waals surface area contributed by atoms with Crippen molar-refractivity contribution in [1.82, 2.24) is 20.8 Å². The Kier molecular flexibility index (Phi) is 5.83. The molecule has 3 aromatic rings. The molecule has 4 rings (SSSR count). The van der Waals surface area contributed by atoms with Crippen molar-refractivity contribution in [3.8, 4) is 11.3 Å². The highest BCUT2D eigenvalue weighted by atomic mass is 35.5. The van der Waals surface area contributed by atoms with E-state index in [0.717, 1.165) is 37.2 Å². The number of carbonyl (C=O) groups is 1. The fraction of sp³-hybridized carbons (Fsp3) is 0.421. The van der Waals surface area contributed by atoms with E-state index in [4.69, 9.17) is 4.52 Å². The first-order chi connectivity index (χ1) is 12.5. The molecular weight excluding hydrogens is 384 g/mol. The first-order valence-corrected chi connectivity index (χ1v) is 9.70. The molecule has 1 aliphatic rings. The van der Waals surface area contributed by atoms with Gasteiger partial charge in [-0.05, 0) is 52.3 Å². The molecule has 4 heterocycles. The molecule has 1 amide bonds. The van der Waals surface area contributed by atoms with E-state index < -0.39 is 0 Å². The maximum atomic E-state index is 13.0. The molecule has 0 saturated carbocycles. The molecule has 144 valence electrons. The fourth-order valence-corrected chi connectivity index (χ4v) is 4.47. The molecule has 1 unspecified atom stereocenters. The van der Waals surface area contributed by atoms with Gasteiger partial charge in [-0.1, -0.05) is 5.16 Å². The Bertz CT molecular complexity index is 976. The minimum absolute atomic E-state index is 0. The number of fused-ring (bicyclic) bond motifs is 1. The largest absolute Gasteiger partial charge is 0.348 e. The molecule has 27 heavy (non-hydrogen) atoms. The van der Waals surface area contributed by atoms with Gasteiger partial charge in [-0.3, -0.25) is 4.79 Å². The topological polar surface area (TPSA) is 80.0 Å². The second kappa shape index (κ2) is 7.96. The third-order valence-electron chi connectivity index (χ3n) is 4.81. The summed E-state index contributed by atoms with van der Waals surface area (Å²) >= 11 is 1.72. The smallest absolute Gasteiger partial charge is 0.259 e. The molecule has 0 aromatic carbocycles. The van der Waals surface area contributed by atoms with Gasteiger partial charge in [-0.2, -0.15) is 0 Å². The third kappa shape index (κ3) is 3.85. The number of carbonyl (C=O) groups excluding carboxylic acids is 1. The Labute approximate surface area is 168 Å². The molecule has 0 bridgehead atoms. The highest BCUT2D eigenvalue weighted by Crippen LogP contribution is 2.32. The van der Waals surface area contributed by atoms with Crippen LogP contribution in [0.15, 0.2) is 16.7 Å². The van der Waals surface area contributed by atoms with Gasteiger partial charge in [0.2, 0.25) is 0 Å². The second-order valence-electron chi connectivity index (χ2n) is 6.85. The predicted molar refractivity (Wildman–Crippen MR) is 110 cm³/mol. The van der Waals surface area contributed by atoms with Gasteiger partial charge in [0.15, 0.2) is 0 Å². The minimum Gasteiger partial charge on any atom is -0.348 e. The normalized spacial score (nSPS) is 16.9. The SMILES string of the molecule is Cc1cc(-c2cc(C(=O)NC3CCCNC3)c3c(C)noc3n2)c(C)s1.Cl. The number of rotatable bonds is 3. The van der Waals surface area contributed by atoms with Crippen LogP contribution in [0.1, 0.15) is 38.6 Å². The molecule has 6 nitrogen and oxygen atoms in total. The summed E-state index contributed by atoms with van der Waals surface area (Å²) in [5.41, 5.74) is 3.47. The number of nitrogens with one attached hydrogen (secondary N) is 2. The zero-order chi connectivity index (χ0) is 18.3. The van der Waals surface area contributed by atoms with E-state index >= 15 is 0 Å². The number of thiophene rings is 1. The van der Waals surface area contributed by atoms with Gasteiger partial charge in [-0.15, -0.1) is 23.7 Å². The van der Waals surface area contributed by atoms with Crippen molar-refractivity contribution < 1.29 is 9.32 Å². The standard InChI is InChI=1S/C19H22N4O2S.ClH/c1-10-7-14(12(3)26-10)16-8-15(17-11(2)23-25-19(17)22-16)18(24)21-13-5-4-6-20-9-13;/h7-8,13,20H,4-6,9H2,1-3H3,(H,21,24);1H. The van der Waals surface area contributed by atoms with Crippen LogP contribution in [0.5, 0.6) is 0 Å². The molecule has 1 fully saturated rings. The van der Waals surface area contributed by atoms with Crippen LogP contribution in [0.25, 0.3) is 22.4 Å². The molecule has 1 atom stereocenters. The minimum atomic E-state index is -0.0942. The first kappa shape index (κ1) is 19.8. The van der Waals surface area contributed by atoms with Crippen molar-refractivity contribution in [3.63, 3.8) is 0 Å². The van der Waals surface area contributed by atoms with Gasteiger partial charge in [0.1, 0.15) is 0 Å². The molecular formula is C19H23ClN4O2S. The van der Waals surface area contributed by atoms with E-state index in [-0.39, 0.29) is 24.4 Å². The van der Waals surface area contributed by atoms with Crippen molar-refractivity contribution in [3.05, 3.63) is 33.1 Å². The lowest BCUT2D eigenvalue weighted by molar-refractivity contribution is 0.0932. The van der Waals surface area contributed by atoms with Crippen LogP contribution in [-0.4, -0.2) is 35.2 Å². The Hall–Kier alpha value is -1.96. The van der Waals surface area contributed by atoms with E-state index in [0.29, 0.717) is 22.4 Å². The zero-order valence-corrected chi connectivity index (χ0v) is 17.2. The molecule has 8 heteroatoms. The number of aryl methyl sites for hydroxylation is 3. The Morgan fingerprint density at radius 3 is 2.81 bits per heavy atom. The maximum absolute atomic E-state index is 13.0. The van der Waals surface area contributed by atoms with Crippen LogP contribution in [-0.2, 0) is 0 Å². The van der Waals surface area contributed by atoms with Crippen LogP contribution in [0.2, 0.25) is 0 Å². The summed E-state index contributed by atoms with van der Waals surface area (Å²) in [5.74, 6) is -0.0942. The summed E-state index contributed by atoms with van der Waals surface area (Å²) < 4.78 is 5.39. The maximum Gasteiger partial charge on any atom is 0.259 e. The Morgan fingerprint density at radius 1 is 1.33 bits per heavy atom. The molecule has 0 radical (unpaired) electrons. The summed E-state index contributed by atoms with van der Waals surface area (Å²) in [7, 11) is 0. The highest BCUT2D eigenvalue weighted by Gasteiger charge is 2.23. The summed E-state index contributed by atoms with van der Waals surface area (Å²) in [6.07, 6.45) is 2.06. The van der Waals surface area contributed by atoms with Crippen molar-refractivity contribution in [2.45, 2.75) is 39.7 Å². The lowest BCUT2D eigenvalue weighted by Gasteiger charge is -2.24. The highest BCUT2D eigenvalue weighted by molar-refractivity contribution is 7.12. The van der Waals surface area contributed by atoms with Gasteiger partial charge in [0.25, 0.3) is 11.6 Å². The number of nitrogens with zero attached hydrogens (tertiary/aromatic N) is 2. The monoisotopic (exact) mass is 406 g/mol. The third-order valence-corrected chi connectivity index (χ3v) is 5.78. The van der Waals surface area contributed by atoms with Gasteiger partial charge in [0, 0.05) is 27.9 Å². The number of hydrogen-bond acceptors (Lipinski definition) is 6. The molecule has 2 N–H and O–H groups in total. The van der Waals surface area contributed by atoms with Crippen LogP contribution < -0.4 is 10.6 Å². The number of piperidine rings is 1. The fourth-order valence-electron chi connectivity index (χ4n) is 3.54. The quantitative estimate of drug-likeness (QED) is 0.691. The lowest BCUT2D eigenvalue weighted by atomic mass is 10.0. The molecule has 0 aliphatic carbocycles. The van der Waals surface area contributed by atoms with E-state index in [1.54, 1.807) is 11.3 Å². The summed E-state index contributed by atoms with van der Waals surface area (Å²) in [6, 6.07) is 4.12. The van der Waals surface area contributed by atoms with E-state index in [1.165, 1.54) is 9.75 Å². The van der Waals surface area contributed by atoms with Crippen LogP contribution in [0, 0.1) is 20.8 Å². The molecule has 1 aliphatic heterocycles. The number of hydrogen-bond donors (Lipinski definition) is 2. The predicted octanol–water partition coefficient (Wildman–Crippen LogP) is 3.78. The van der Waals surface area contributed by atoms with Crippen LogP contribution >= 0.6 is 23.7 Å². The molecule has 3 aromatic heterocycles. The van der Waals surface area contributed by atoms with Gasteiger partial charge in [0.05, 0.1) is 22.3 Å². The summed E-state index contributed by atoms with van der Waals surface area (Å²) in [5, 5.41) is 11.2. The summed E-state index contributed by atoms with van der Waals surface area (Å²) in [4.78, 5) is 20.0. The number of amides is 1. The van der Waals surface area contributed by atoms with E-state index in [9.17, 15) is 4.79 Å². The van der Waals surface area contributed by atoms with Crippen molar-refractivity contribution >= 4 is 40.8 Å². The van der Waals surface area contributed by atoms with Crippen molar-refractivity contribution in [2.24, 2.45) is 0 Å². The first-order valence-electron chi connectivity index (χ1n) is 8.89. The van der Waals surface area contributed by atoms with Crippen LogP contribution in [0.4, 0.5) is 0 Å². The average molecular weight is 407 g/mol. The average Bonchev–Trinajstić information content (AvgIpc) is 3.17. The van der Waals surface area contributed by atoms with Gasteiger partial charge in [-0.25, -0.2) is 4.98 Å². The zero-order valence-electron chi connectivity index (χ0n) is 15.6. The number of pyridine rings is 1. The lowest BCUT2D eigenvalue weighted by Crippen LogP contribution is -2.45. The summed E-state index contributed by atoms with van der Waals surface area (Å²) in [6.45, 7) is 7.79. The number of halogens is 1. The van der Waals surface area contributed by atoms with Gasteiger partial charge < -0.3 is 15.2 Å². The van der Waals surface area contributed by atoms with Crippen molar-refractivity contribution in [1.29, 1.82) is 0 Å². The number of aromatic nitrogens is 2. The van der Waals surface area contributed by atoms with E-state index in [1.807, 2.05) is 13.0 Å². The molecule has 1 saturated heterocycles. The van der Waals surface area contributed by atoms with Gasteiger partial charge >= 0.3 is 0 Å². The second-order valence-corrected chi connectivity index (χ2v) is 8.31. The Balaban J connectivity index is 0.00000210. The van der Waals surface area contributed by atoms with E-state index in [2.05, 4.69) is 40.7 Å².